The van der Waals surface area contributed by atoms with Gasteiger partial charge in [-0.25, -0.2) is 9.97 Å². The first-order chi connectivity index (χ1) is 15.0. The zero-order valence-electron chi connectivity index (χ0n) is 19.8. The van der Waals surface area contributed by atoms with E-state index in [1.165, 1.54) is 29.9 Å². The molecule has 0 spiro atoms. The first kappa shape index (κ1) is 30.2. The molecule has 8 heteroatoms. The average Bonchev–Trinajstić information content (AvgIpc) is 3.24. The topological polar surface area (TPSA) is 93.0 Å². The van der Waals surface area contributed by atoms with E-state index in [1.807, 2.05) is 52.8 Å². The van der Waals surface area contributed by atoms with Gasteiger partial charge in [0, 0.05) is 35.1 Å². The van der Waals surface area contributed by atoms with Crippen molar-refractivity contribution in [1.29, 1.82) is 0 Å². The molecule has 2 aromatic heterocycles. The summed E-state index contributed by atoms with van der Waals surface area (Å²) in [5.74, 6) is 0.740. The van der Waals surface area contributed by atoms with E-state index in [0.29, 0.717) is 6.54 Å². The van der Waals surface area contributed by atoms with Gasteiger partial charge < -0.3 is 10.6 Å². The smallest absolute Gasteiger partial charge is 0.268 e. The molecule has 7 nitrogen and oxygen atoms in total. The maximum atomic E-state index is 10.7. The molecule has 0 amide bonds. The van der Waals surface area contributed by atoms with Crippen LogP contribution in [0, 0.1) is 10.1 Å². The van der Waals surface area contributed by atoms with Crippen LogP contribution < -0.4 is 10.6 Å². The van der Waals surface area contributed by atoms with Crippen molar-refractivity contribution < 1.29 is 4.92 Å². The van der Waals surface area contributed by atoms with E-state index in [9.17, 15) is 10.1 Å². The number of pyridine rings is 1. The second kappa shape index (κ2) is 20.3. The number of rotatable bonds is 8. The molecule has 0 aliphatic carbocycles. The van der Waals surface area contributed by atoms with Gasteiger partial charge in [-0.1, -0.05) is 71.9 Å². The van der Waals surface area contributed by atoms with Gasteiger partial charge in [0.05, 0.1) is 11.5 Å². The van der Waals surface area contributed by atoms with Crippen LogP contribution in [0.4, 0.5) is 10.9 Å². The minimum Gasteiger partial charge on any atom is -0.384 e. The van der Waals surface area contributed by atoms with Crippen molar-refractivity contribution >= 4 is 22.3 Å². The number of nitro groups is 1. The number of anilines is 2. The molecule has 2 aromatic rings. The van der Waals surface area contributed by atoms with E-state index in [1.54, 1.807) is 18.5 Å². The van der Waals surface area contributed by atoms with E-state index >= 15 is 0 Å². The highest BCUT2D eigenvalue weighted by Gasteiger charge is 2.04. The predicted octanol–water partition coefficient (Wildman–Crippen LogP) is 7.09. The molecule has 0 fully saturated rings. The molecular formula is C23H37N5O2S. The van der Waals surface area contributed by atoms with Gasteiger partial charge in [0.1, 0.15) is 5.82 Å². The number of hydrogen-bond donors (Lipinski definition) is 2. The van der Waals surface area contributed by atoms with Crippen molar-refractivity contribution in [2.24, 2.45) is 0 Å². The minimum absolute atomic E-state index is 0.0456. The van der Waals surface area contributed by atoms with Crippen LogP contribution in [-0.2, 0) is 6.54 Å². The zero-order valence-corrected chi connectivity index (χ0v) is 20.6. The molecule has 0 aromatic carbocycles. The molecule has 0 aliphatic heterocycles. The predicted molar refractivity (Wildman–Crippen MR) is 134 cm³/mol. The lowest BCUT2D eigenvalue weighted by Gasteiger charge is -2.03. The standard InChI is InChI=1S/C16H17N5O2S.C3H8.2C2H6/c1-3-13(21(22)23)8-7-12(2)18-10-14-11-19-16(24-14)20-15-6-4-5-9-17-15;1-3-2;2*1-2/h3-9,11,18H,1,10H2,2H3,(H,17,19,20);3H2,1-2H3;2*1-2H3/b12-7+,13-8+;;;. The summed E-state index contributed by atoms with van der Waals surface area (Å²) in [5.41, 5.74) is 0.764. The van der Waals surface area contributed by atoms with Crippen LogP contribution >= 0.6 is 11.3 Å². The summed E-state index contributed by atoms with van der Waals surface area (Å²) in [7, 11) is 0. The van der Waals surface area contributed by atoms with Crippen molar-refractivity contribution in [2.45, 2.75) is 61.4 Å². The third-order valence-electron chi connectivity index (χ3n) is 2.92. The van der Waals surface area contributed by atoms with Gasteiger partial charge >= 0.3 is 0 Å². The Hall–Kier alpha value is -3.00. The lowest BCUT2D eigenvalue weighted by molar-refractivity contribution is -0.418. The first-order valence-electron chi connectivity index (χ1n) is 10.5. The fourth-order valence-electron chi connectivity index (χ4n) is 1.69. The van der Waals surface area contributed by atoms with E-state index in [-0.39, 0.29) is 5.70 Å². The van der Waals surface area contributed by atoms with Gasteiger partial charge in [-0.05, 0) is 25.1 Å². The summed E-state index contributed by atoms with van der Waals surface area (Å²) in [6, 6.07) is 5.61. The quantitative estimate of drug-likeness (QED) is 0.255. The molecule has 0 unspecified atom stereocenters. The van der Waals surface area contributed by atoms with Gasteiger partial charge in [0.15, 0.2) is 5.13 Å². The molecule has 0 saturated carbocycles. The fraction of sp³-hybridized carbons (Fsp3) is 0.391. The van der Waals surface area contributed by atoms with Crippen molar-refractivity contribution in [3.63, 3.8) is 0 Å². The number of aromatic nitrogens is 2. The molecule has 0 atom stereocenters. The molecule has 0 radical (unpaired) electrons. The Morgan fingerprint density at radius 1 is 1.19 bits per heavy atom. The molecule has 2 heterocycles. The molecule has 2 rings (SSSR count). The zero-order chi connectivity index (χ0) is 24.1. The number of thiazole rings is 1. The maximum absolute atomic E-state index is 10.7. The summed E-state index contributed by atoms with van der Waals surface area (Å²) in [6.07, 6.45) is 9.01. The van der Waals surface area contributed by atoms with Crippen LogP contribution in [0.25, 0.3) is 0 Å². The van der Waals surface area contributed by atoms with Gasteiger partial charge in [-0.2, -0.15) is 0 Å². The minimum atomic E-state index is -0.477. The van der Waals surface area contributed by atoms with Crippen LogP contribution in [0.2, 0.25) is 0 Å². The summed E-state index contributed by atoms with van der Waals surface area (Å²) in [4.78, 5) is 19.7. The molecule has 0 aliphatic rings. The second-order valence-electron chi connectivity index (χ2n) is 5.43. The van der Waals surface area contributed by atoms with E-state index in [0.717, 1.165) is 21.5 Å². The Balaban J connectivity index is 0. The van der Waals surface area contributed by atoms with Gasteiger partial charge in [-0.3, -0.25) is 10.1 Å². The molecular weight excluding hydrogens is 410 g/mol. The van der Waals surface area contributed by atoms with Crippen molar-refractivity contribution in [2.75, 3.05) is 5.32 Å². The lowest BCUT2D eigenvalue weighted by Crippen LogP contribution is -2.09. The largest absolute Gasteiger partial charge is 0.384 e. The van der Waals surface area contributed by atoms with Crippen LogP contribution in [-0.4, -0.2) is 14.9 Å². The Bertz CT molecular complexity index is 786. The maximum Gasteiger partial charge on any atom is 0.268 e. The van der Waals surface area contributed by atoms with Crippen LogP contribution in [0.5, 0.6) is 0 Å². The Labute approximate surface area is 191 Å². The van der Waals surface area contributed by atoms with Crippen molar-refractivity contribution in [3.8, 4) is 0 Å². The lowest BCUT2D eigenvalue weighted by atomic mass is 10.3. The first-order valence-corrected chi connectivity index (χ1v) is 11.3. The highest BCUT2D eigenvalue weighted by molar-refractivity contribution is 7.15. The monoisotopic (exact) mass is 447 g/mol. The van der Waals surface area contributed by atoms with Gasteiger partial charge in [-0.15, -0.1) is 0 Å². The van der Waals surface area contributed by atoms with Crippen LogP contribution in [0.3, 0.4) is 0 Å². The molecule has 2 N–H and O–H groups in total. The van der Waals surface area contributed by atoms with E-state index < -0.39 is 4.92 Å². The second-order valence-corrected chi connectivity index (χ2v) is 6.55. The number of nitrogens with one attached hydrogen (secondary N) is 2. The molecule has 0 saturated heterocycles. The third-order valence-corrected chi connectivity index (χ3v) is 3.83. The summed E-state index contributed by atoms with van der Waals surface area (Å²) >= 11 is 1.51. The summed E-state index contributed by atoms with van der Waals surface area (Å²) in [6.45, 7) is 18.1. The molecule has 31 heavy (non-hydrogen) atoms. The number of allylic oxidation sites excluding steroid dienone is 4. The Morgan fingerprint density at radius 2 is 1.84 bits per heavy atom. The summed E-state index contributed by atoms with van der Waals surface area (Å²) < 4.78 is 0. The highest BCUT2D eigenvalue weighted by Crippen LogP contribution is 2.21. The fourth-order valence-corrected chi connectivity index (χ4v) is 2.45. The number of hydrogen-bond acceptors (Lipinski definition) is 7. The molecule has 172 valence electrons. The highest BCUT2D eigenvalue weighted by atomic mass is 32.1. The SMILES string of the molecule is C=C/C(=C\C=C(/C)NCc1cnc(Nc2ccccn2)s1)[N+](=O)[O-].CC.CC.CCC. The van der Waals surface area contributed by atoms with Crippen molar-refractivity contribution in [3.05, 3.63) is 81.8 Å². The van der Waals surface area contributed by atoms with Crippen LogP contribution in [0.15, 0.2) is 66.8 Å². The number of nitrogens with zero attached hydrogens (tertiary/aromatic N) is 3. The van der Waals surface area contributed by atoms with E-state index in [2.05, 4.69) is 41.0 Å². The molecule has 0 bridgehead atoms. The average molecular weight is 448 g/mol. The van der Waals surface area contributed by atoms with Crippen molar-refractivity contribution in [1.82, 2.24) is 15.3 Å². The van der Waals surface area contributed by atoms with Gasteiger partial charge in [0.25, 0.3) is 5.70 Å². The third kappa shape index (κ3) is 14.6. The van der Waals surface area contributed by atoms with Gasteiger partial charge in [0.2, 0.25) is 0 Å². The Morgan fingerprint density at radius 3 is 2.35 bits per heavy atom. The van der Waals surface area contributed by atoms with Crippen LogP contribution in [0.1, 0.15) is 59.8 Å². The summed E-state index contributed by atoms with van der Waals surface area (Å²) in [5, 5.41) is 17.7. The van der Waals surface area contributed by atoms with E-state index in [4.69, 9.17) is 0 Å². The normalized spacial score (nSPS) is 10.2. The Kier molecular flexibility index (Phi) is 19.8.